The first-order valence-electron chi connectivity index (χ1n) is 9.08. The number of benzene rings is 2. The van der Waals surface area contributed by atoms with E-state index in [1.807, 2.05) is 49.7 Å². The second-order valence-corrected chi connectivity index (χ2v) is 7.07. The van der Waals surface area contributed by atoms with Gasteiger partial charge in [0.1, 0.15) is 0 Å². The highest BCUT2D eigenvalue weighted by atomic mass is 16.2. The molecule has 2 aromatic carbocycles. The van der Waals surface area contributed by atoms with Crippen LogP contribution >= 0.6 is 0 Å². The Morgan fingerprint density at radius 1 is 0.963 bits per heavy atom. The van der Waals surface area contributed by atoms with Crippen LogP contribution in [0.2, 0.25) is 0 Å². The van der Waals surface area contributed by atoms with Crippen molar-refractivity contribution in [3.63, 3.8) is 0 Å². The lowest BCUT2D eigenvalue weighted by Gasteiger charge is -2.10. The Morgan fingerprint density at radius 2 is 1.74 bits per heavy atom. The van der Waals surface area contributed by atoms with Crippen molar-refractivity contribution in [2.45, 2.75) is 41.2 Å². The minimum absolute atomic E-state index is 0.264. The van der Waals surface area contributed by atoms with Crippen LogP contribution in [0.1, 0.15) is 33.6 Å². The Hall–Kier alpha value is -3.08. The molecule has 1 heterocycles. The van der Waals surface area contributed by atoms with Gasteiger partial charge in [0.25, 0.3) is 0 Å². The van der Waals surface area contributed by atoms with E-state index in [4.69, 9.17) is 0 Å². The first-order valence-corrected chi connectivity index (χ1v) is 9.08. The van der Waals surface area contributed by atoms with E-state index >= 15 is 0 Å². The molecule has 0 aliphatic carbocycles. The zero-order chi connectivity index (χ0) is 19.6. The zero-order valence-corrected chi connectivity index (χ0v) is 16.6. The second-order valence-electron chi connectivity index (χ2n) is 7.07. The molecule has 0 aliphatic rings. The molecule has 5 heteroatoms. The fourth-order valence-electron chi connectivity index (χ4n) is 3.11. The number of aryl methyl sites for hydroxylation is 4. The van der Waals surface area contributed by atoms with Crippen molar-refractivity contribution in [2.75, 3.05) is 10.6 Å². The fourth-order valence-corrected chi connectivity index (χ4v) is 3.11. The minimum Gasteiger partial charge on any atom is -0.308 e. The van der Waals surface area contributed by atoms with Gasteiger partial charge >= 0.3 is 6.03 Å². The Balaban J connectivity index is 1.74. The number of amides is 2. The number of aromatic nitrogens is 2. The first kappa shape index (κ1) is 18.7. The van der Waals surface area contributed by atoms with E-state index in [0.717, 1.165) is 28.3 Å². The van der Waals surface area contributed by atoms with Gasteiger partial charge in [0.05, 0.1) is 23.6 Å². The Morgan fingerprint density at radius 3 is 2.44 bits per heavy atom. The summed E-state index contributed by atoms with van der Waals surface area (Å²) in [4.78, 5) is 12.4. The Kier molecular flexibility index (Phi) is 5.31. The topological polar surface area (TPSA) is 59.0 Å². The summed E-state index contributed by atoms with van der Waals surface area (Å²) in [7, 11) is 0. The molecular formula is C22H26N4O. The molecule has 0 spiro atoms. The fraction of sp³-hybridized carbons (Fsp3) is 0.273. The van der Waals surface area contributed by atoms with Gasteiger partial charge in [-0.1, -0.05) is 35.9 Å². The highest BCUT2D eigenvalue weighted by molar-refractivity contribution is 6.00. The number of anilines is 2. The molecule has 0 saturated heterocycles. The normalized spacial score (nSPS) is 10.7. The molecule has 3 aromatic rings. The summed E-state index contributed by atoms with van der Waals surface area (Å²) >= 11 is 0. The smallest absolute Gasteiger partial charge is 0.308 e. The van der Waals surface area contributed by atoms with Crippen LogP contribution in [-0.2, 0) is 6.54 Å². The summed E-state index contributed by atoms with van der Waals surface area (Å²) in [6.45, 7) is 10.7. The summed E-state index contributed by atoms with van der Waals surface area (Å²) in [6.07, 6.45) is 0. The van der Waals surface area contributed by atoms with Crippen molar-refractivity contribution >= 4 is 17.4 Å². The highest BCUT2D eigenvalue weighted by Gasteiger charge is 2.14. The SMILES string of the molecule is Cc1cccc(Cn2nc(C)c(NC(=O)Nc3ccc(C)c(C)c3)c2C)c1. The van der Waals surface area contributed by atoms with Crippen molar-refractivity contribution in [1.29, 1.82) is 0 Å². The number of carbonyl (C=O) groups is 1. The van der Waals surface area contributed by atoms with E-state index in [1.165, 1.54) is 16.7 Å². The standard InChI is InChI=1S/C22H26N4O/c1-14-7-6-8-19(11-14)13-26-18(5)21(17(4)25-26)24-22(27)23-20-10-9-15(2)16(3)12-20/h6-12H,13H2,1-5H3,(H2,23,24,27). The van der Waals surface area contributed by atoms with Crippen molar-refractivity contribution in [1.82, 2.24) is 9.78 Å². The van der Waals surface area contributed by atoms with E-state index in [9.17, 15) is 4.79 Å². The van der Waals surface area contributed by atoms with Crippen molar-refractivity contribution < 1.29 is 4.79 Å². The molecule has 2 amide bonds. The van der Waals surface area contributed by atoms with Crippen LogP contribution in [-0.4, -0.2) is 15.8 Å². The first-order chi connectivity index (χ1) is 12.8. The van der Waals surface area contributed by atoms with Crippen LogP contribution in [0.3, 0.4) is 0 Å². The zero-order valence-electron chi connectivity index (χ0n) is 16.6. The third-order valence-electron chi connectivity index (χ3n) is 4.80. The van der Waals surface area contributed by atoms with Crippen molar-refractivity contribution in [2.24, 2.45) is 0 Å². The maximum Gasteiger partial charge on any atom is 0.323 e. The van der Waals surface area contributed by atoms with Crippen LogP contribution in [0, 0.1) is 34.6 Å². The molecule has 0 fully saturated rings. The highest BCUT2D eigenvalue weighted by Crippen LogP contribution is 2.21. The number of nitrogens with one attached hydrogen (secondary N) is 2. The molecule has 0 radical (unpaired) electrons. The van der Waals surface area contributed by atoms with Crippen molar-refractivity contribution in [3.05, 3.63) is 76.1 Å². The van der Waals surface area contributed by atoms with Gasteiger partial charge in [0.2, 0.25) is 0 Å². The third kappa shape index (κ3) is 4.37. The maximum atomic E-state index is 12.4. The van der Waals surface area contributed by atoms with E-state index in [1.54, 1.807) is 0 Å². The summed E-state index contributed by atoms with van der Waals surface area (Å²) < 4.78 is 1.93. The van der Waals surface area contributed by atoms with Gasteiger partial charge < -0.3 is 10.6 Å². The van der Waals surface area contributed by atoms with Gasteiger partial charge in [-0.05, 0) is 63.4 Å². The molecular weight excluding hydrogens is 336 g/mol. The number of rotatable bonds is 4. The molecule has 3 rings (SSSR count). The molecule has 0 unspecified atom stereocenters. The van der Waals surface area contributed by atoms with Crippen LogP contribution < -0.4 is 10.6 Å². The van der Waals surface area contributed by atoms with Gasteiger partial charge in [-0.25, -0.2) is 4.79 Å². The molecule has 5 nitrogen and oxygen atoms in total. The molecule has 27 heavy (non-hydrogen) atoms. The quantitative estimate of drug-likeness (QED) is 0.677. The molecule has 0 bridgehead atoms. The molecule has 1 aromatic heterocycles. The summed E-state index contributed by atoms with van der Waals surface area (Å²) in [6, 6.07) is 14.0. The lowest BCUT2D eigenvalue weighted by atomic mass is 10.1. The number of hydrogen-bond acceptors (Lipinski definition) is 2. The van der Waals surface area contributed by atoms with Gasteiger partial charge in [0.15, 0.2) is 0 Å². The summed E-state index contributed by atoms with van der Waals surface area (Å²) in [5.41, 5.74) is 8.02. The van der Waals surface area contributed by atoms with Crippen LogP contribution in [0.5, 0.6) is 0 Å². The molecule has 2 N–H and O–H groups in total. The van der Waals surface area contributed by atoms with E-state index in [2.05, 4.69) is 47.8 Å². The predicted molar refractivity (Wildman–Crippen MR) is 111 cm³/mol. The number of hydrogen-bond donors (Lipinski definition) is 2. The monoisotopic (exact) mass is 362 g/mol. The van der Waals surface area contributed by atoms with Gasteiger partial charge in [-0.15, -0.1) is 0 Å². The number of nitrogens with zero attached hydrogens (tertiary/aromatic N) is 2. The second kappa shape index (κ2) is 7.66. The third-order valence-corrected chi connectivity index (χ3v) is 4.80. The Bertz CT molecular complexity index is 988. The number of urea groups is 1. The molecule has 0 saturated carbocycles. The van der Waals surface area contributed by atoms with Gasteiger partial charge in [-0.3, -0.25) is 4.68 Å². The van der Waals surface area contributed by atoms with Gasteiger partial charge in [0, 0.05) is 5.69 Å². The lowest BCUT2D eigenvalue weighted by molar-refractivity contribution is 0.262. The largest absolute Gasteiger partial charge is 0.323 e. The maximum absolute atomic E-state index is 12.4. The molecule has 0 aliphatic heterocycles. The predicted octanol–water partition coefficient (Wildman–Crippen LogP) is 5.12. The van der Waals surface area contributed by atoms with E-state index in [-0.39, 0.29) is 6.03 Å². The minimum atomic E-state index is -0.264. The summed E-state index contributed by atoms with van der Waals surface area (Å²) in [5, 5.41) is 10.4. The Labute approximate surface area is 160 Å². The van der Waals surface area contributed by atoms with Crippen LogP contribution in [0.4, 0.5) is 16.2 Å². The van der Waals surface area contributed by atoms with E-state index < -0.39 is 0 Å². The average Bonchev–Trinajstić information content (AvgIpc) is 2.86. The lowest BCUT2D eigenvalue weighted by Crippen LogP contribution is -2.20. The van der Waals surface area contributed by atoms with Crippen LogP contribution in [0.25, 0.3) is 0 Å². The number of carbonyl (C=O) groups excluding carboxylic acids is 1. The van der Waals surface area contributed by atoms with E-state index in [0.29, 0.717) is 6.54 Å². The van der Waals surface area contributed by atoms with Crippen LogP contribution in [0.15, 0.2) is 42.5 Å². The van der Waals surface area contributed by atoms with Crippen molar-refractivity contribution in [3.8, 4) is 0 Å². The average molecular weight is 362 g/mol. The summed E-state index contributed by atoms with van der Waals surface area (Å²) in [5.74, 6) is 0. The molecule has 0 atom stereocenters. The van der Waals surface area contributed by atoms with Gasteiger partial charge in [-0.2, -0.15) is 5.10 Å². The molecule has 140 valence electrons.